The SMILES string of the molecule is COC(=O)c1cncc(C(=O)N2CC[C@H]3Oc4cc(F)cc(c4)CNC(=O)CCc4ccc(OC)c(c4)OCC(=O)N[C@@H]3C2)c1. The fourth-order valence-corrected chi connectivity index (χ4v) is 5.26. The molecule has 2 aliphatic heterocycles. The highest BCUT2D eigenvalue weighted by molar-refractivity contribution is 5.97. The third kappa shape index (κ3) is 7.85. The van der Waals surface area contributed by atoms with Crippen LogP contribution in [-0.4, -0.2) is 79.6 Å². The average molecular weight is 621 g/mol. The summed E-state index contributed by atoms with van der Waals surface area (Å²) in [6.45, 7) is 0.0220. The quantitative estimate of drug-likeness (QED) is 0.422. The number of halogens is 1. The van der Waals surface area contributed by atoms with E-state index in [1.165, 1.54) is 49.7 Å². The molecule has 0 unspecified atom stereocenters. The Labute approximate surface area is 258 Å². The Balaban J connectivity index is 1.41. The van der Waals surface area contributed by atoms with E-state index in [0.717, 1.165) is 5.56 Å². The summed E-state index contributed by atoms with van der Waals surface area (Å²) in [7, 11) is 2.72. The van der Waals surface area contributed by atoms with Gasteiger partial charge in [-0.15, -0.1) is 0 Å². The number of aromatic nitrogens is 1. The third-order valence-electron chi connectivity index (χ3n) is 7.53. The fraction of sp³-hybridized carbons (Fsp3) is 0.344. The number of piperidine rings is 1. The Hall–Kier alpha value is -5.20. The van der Waals surface area contributed by atoms with Crippen molar-refractivity contribution in [3.8, 4) is 17.2 Å². The summed E-state index contributed by atoms with van der Waals surface area (Å²) in [5.41, 5.74) is 1.61. The number of methoxy groups -OCH3 is 2. The summed E-state index contributed by atoms with van der Waals surface area (Å²) >= 11 is 0. The molecule has 1 aromatic heterocycles. The minimum Gasteiger partial charge on any atom is -0.493 e. The van der Waals surface area contributed by atoms with Crippen molar-refractivity contribution in [2.45, 2.75) is 38.0 Å². The minimum atomic E-state index is -0.714. The monoisotopic (exact) mass is 620 g/mol. The molecule has 1 fully saturated rings. The van der Waals surface area contributed by atoms with Crippen LogP contribution in [0.2, 0.25) is 0 Å². The number of esters is 1. The van der Waals surface area contributed by atoms with Gasteiger partial charge in [0, 0.05) is 50.9 Å². The van der Waals surface area contributed by atoms with Crippen molar-refractivity contribution in [3.05, 3.63) is 82.9 Å². The Morgan fingerprint density at radius 1 is 1.00 bits per heavy atom. The smallest absolute Gasteiger partial charge is 0.339 e. The van der Waals surface area contributed by atoms with E-state index in [0.29, 0.717) is 29.9 Å². The van der Waals surface area contributed by atoms with Gasteiger partial charge in [0.1, 0.15) is 17.7 Å². The number of ether oxygens (including phenoxy) is 4. The predicted molar refractivity (Wildman–Crippen MR) is 158 cm³/mol. The zero-order valence-electron chi connectivity index (χ0n) is 24.8. The van der Waals surface area contributed by atoms with Gasteiger partial charge in [-0.1, -0.05) is 6.07 Å². The first kappa shape index (κ1) is 31.2. The maximum Gasteiger partial charge on any atom is 0.339 e. The Bertz CT molecular complexity index is 1600. The Morgan fingerprint density at radius 3 is 2.62 bits per heavy atom. The van der Waals surface area contributed by atoms with Crippen molar-refractivity contribution in [1.82, 2.24) is 20.5 Å². The molecule has 3 amide bonds. The van der Waals surface area contributed by atoms with E-state index in [1.54, 1.807) is 18.2 Å². The number of hydrogen-bond acceptors (Lipinski definition) is 9. The number of likely N-dealkylation sites (tertiary alicyclic amines) is 1. The highest BCUT2D eigenvalue weighted by atomic mass is 19.1. The van der Waals surface area contributed by atoms with Crippen molar-refractivity contribution < 1.29 is 42.5 Å². The Morgan fingerprint density at radius 2 is 1.82 bits per heavy atom. The number of pyridine rings is 1. The van der Waals surface area contributed by atoms with Gasteiger partial charge in [-0.25, -0.2) is 9.18 Å². The van der Waals surface area contributed by atoms with Crippen LogP contribution in [0.5, 0.6) is 17.2 Å². The normalized spacial score (nSPS) is 18.9. The summed E-state index contributed by atoms with van der Waals surface area (Å²) in [6.07, 6.45) is 2.90. The molecule has 0 saturated carbocycles. The van der Waals surface area contributed by atoms with E-state index in [2.05, 4.69) is 15.6 Å². The maximum absolute atomic E-state index is 14.6. The summed E-state index contributed by atoms with van der Waals surface area (Å²) < 4.78 is 36.7. The van der Waals surface area contributed by atoms with Crippen LogP contribution < -0.4 is 24.8 Å². The molecule has 2 aromatic carbocycles. The molecule has 45 heavy (non-hydrogen) atoms. The van der Waals surface area contributed by atoms with Crippen LogP contribution >= 0.6 is 0 Å². The van der Waals surface area contributed by atoms with Crippen LogP contribution in [-0.2, 0) is 27.3 Å². The second kappa shape index (κ2) is 14.1. The first-order valence-corrected chi connectivity index (χ1v) is 14.4. The molecule has 2 aliphatic rings. The molecule has 236 valence electrons. The molecule has 4 bridgehead atoms. The van der Waals surface area contributed by atoms with E-state index < -0.39 is 35.7 Å². The van der Waals surface area contributed by atoms with Crippen LogP contribution in [0.3, 0.4) is 0 Å². The molecule has 0 radical (unpaired) electrons. The standard InChI is InChI=1S/C32H33FN4O8/c1-42-27-5-3-19-4-6-29(38)35-14-20-9-23(33)13-24(10-20)45-26-7-8-37(17-25(26)36-30(39)18-44-28(27)11-19)31(40)21-12-22(16-34-15-21)32(41)43-2/h3,5,9-13,15-16,25-26H,4,6-8,14,17-18H2,1-2H3,(H,35,38)(H,36,39)/t25-,26-/m1/s1. The van der Waals surface area contributed by atoms with Crippen molar-refractivity contribution in [1.29, 1.82) is 0 Å². The summed E-state index contributed by atoms with van der Waals surface area (Å²) in [4.78, 5) is 56.7. The maximum atomic E-state index is 14.6. The van der Waals surface area contributed by atoms with Crippen LogP contribution in [0.25, 0.3) is 0 Å². The molecule has 1 saturated heterocycles. The van der Waals surface area contributed by atoms with Crippen molar-refractivity contribution >= 4 is 23.7 Å². The van der Waals surface area contributed by atoms with Crippen molar-refractivity contribution in [2.24, 2.45) is 0 Å². The van der Waals surface area contributed by atoms with Crippen LogP contribution in [0.15, 0.2) is 54.9 Å². The summed E-state index contributed by atoms with van der Waals surface area (Å²) in [5, 5.41) is 5.72. The van der Waals surface area contributed by atoms with E-state index in [9.17, 15) is 23.6 Å². The second-order valence-corrected chi connectivity index (χ2v) is 10.7. The highest BCUT2D eigenvalue weighted by Gasteiger charge is 2.35. The average Bonchev–Trinajstić information content (AvgIpc) is 3.05. The number of hydrogen-bond donors (Lipinski definition) is 2. The predicted octanol–water partition coefficient (Wildman–Crippen LogP) is 2.44. The lowest BCUT2D eigenvalue weighted by Crippen LogP contribution is -2.58. The molecule has 12 nitrogen and oxygen atoms in total. The molecule has 2 N–H and O–H groups in total. The van der Waals surface area contributed by atoms with Gasteiger partial charge in [0.15, 0.2) is 18.1 Å². The molecule has 0 spiro atoms. The number of nitrogens with zero attached hydrogens (tertiary/aromatic N) is 2. The van der Waals surface area contributed by atoms with E-state index in [4.69, 9.17) is 18.9 Å². The van der Waals surface area contributed by atoms with Crippen molar-refractivity contribution in [3.63, 3.8) is 0 Å². The first-order chi connectivity index (χ1) is 21.7. The van der Waals surface area contributed by atoms with Gasteiger partial charge >= 0.3 is 5.97 Å². The number of benzene rings is 2. The molecule has 2 atom stereocenters. The highest BCUT2D eigenvalue weighted by Crippen LogP contribution is 2.29. The third-order valence-corrected chi connectivity index (χ3v) is 7.53. The van der Waals surface area contributed by atoms with Gasteiger partial charge in [-0.05, 0) is 47.9 Å². The fourth-order valence-electron chi connectivity index (χ4n) is 5.26. The van der Waals surface area contributed by atoms with Crippen LogP contribution in [0.4, 0.5) is 4.39 Å². The van der Waals surface area contributed by atoms with Gasteiger partial charge in [0.2, 0.25) is 5.91 Å². The number of carbonyl (C=O) groups excluding carboxylic acids is 4. The van der Waals surface area contributed by atoms with E-state index >= 15 is 0 Å². The van der Waals surface area contributed by atoms with Gasteiger partial charge in [-0.3, -0.25) is 19.4 Å². The van der Waals surface area contributed by atoms with E-state index in [-0.39, 0.29) is 55.4 Å². The largest absolute Gasteiger partial charge is 0.493 e. The number of amides is 3. The summed E-state index contributed by atoms with van der Waals surface area (Å²) in [5.74, 6) is -1.30. The van der Waals surface area contributed by atoms with Crippen LogP contribution in [0, 0.1) is 5.82 Å². The number of fused-ring (bicyclic) bond motifs is 5. The molecule has 3 heterocycles. The lowest BCUT2D eigenvalue weighted by Gasteiger charge is -2.39. The minimum absolute atomic E-state index is 0.0503. The second-order valence-electron chi connectivity index (χ2n) is 10.7. The first-order valence-electron chi connectivity index (χ1n) is 14.4. The zero-order valence-corrected chi connectivity index (χ0v) is 24.8. The van der Waals surface area contributed by atoms with Gasteiger partial charge < -0.3 is 34.5 Å². The molecule has 13 heteroatoms. The summed E-state index contributed by atoms with van der Waals surface area (Å²) in [6, 6.07) is 10.1. The van der Waals surface area contributed by atoms with Gasteiger partial charge in [0.25, 0.3) is 11.8 Å². The number of nitrogens with one attached hydrogen (secondary N) is 2. The molecule has 3 aromatic rings. The number of rotatable bonds is 3. The molecule has 0 aliphatic carbocycles. The van der Waals surface area contributed by atoms with E-state index in [1.807, 2.05) is 6.07 Å². The van der Waals surface area contributed by atoms with Crippen LogP contribution in [0.1, 0.15) is 44.7 Å². The topological polar surface area (TPSA) is 145 Å². The van der Waals surface area contributed by atoms with Crippen molar-refractivity contribution in [2.75, 3.05) is 33.9 Å². The molecule has 5 rings (SSSR count). The zero-order chi connectivity index (χ0) is 31.9. The lowest BCUT2D eigenvalue weighted by atomic mass is 10.0. The van der Waals surface area contributed by atoms with Gasteiger partial charge in [0.05, 0.1) is 31.4 Å². The number of carbonyl (C=O) groups is 4. The molecular weight excluding hydrogens is 587 g/mol. The lowest BCUT2D eigenvalue weighted by molar-refractivity contribution is -0.125. The van der Waals surface area contributed by atoms with Gasteiger partial charge in [-0.2, -0.15) is 0 Å². The number of aryl methyl sites for hydroxylation is 1. The molecular formula is C32H33FN4O8. The Kier molecular flexibility index (Phi) is 9.76.